The van der Waals surface area contributed by atoms with Crippen LogP contribution in [0.2, 0.25) is 0 Å². The minimum Gasteiger partial charge on any atom is -0.296 e. The van der Waals surface area contributed by atoms with E-state index in [4.69, 9.17) is 0 Å². The van der Waals surface area contributed by atoms with Crippen molar-refractivity contribution in [3.63, 3.8) is 0 Å². The van der Waals surface area contributed by atoms with Crippen molar-refractivity contribution in [3.8, 4) is 0 Å². The molecule has 274 valence electrons. The van der Waals surface area contributed by atoms with Crippen LogP contribution in [0.1, 0.15) is 52.0 Å². The number of nitrogens with zero attached hydrogens (tertiary/aromatic N) is 1. The molecule has 1 heterocycles. The van der Waals surface area contributed by atoms with Crippen LogP contribution < -0.4 is 0 Å². The lowest BCUT2D eigenvalue weighted by atomic mass is 9.72. The van der Waals surface area contributed by atoms with Crippen molar-refractivity contribution in [1.29, 1.82) is 0 Å². The molecule has 47 heavy (non-hydrogen) atoms. The fourth-order valence-electron chi connectivity index (χ4n) is 5.08. The number of sulfone groups is 3. The van der Waals surface area contributed by atoms with Gasteiger partial charge in [-0.3, -0.25) is 4.90 Å². The Kier molecular flexibility index (Phi) is 9.90. The lowest BCUT2D eigenvalue weighted by molar-refractivity contribution is -0.332. The molecule has 0 amide bonds. The summed E-state index contributed by atoms with van der Waals surface area (Å²) in [5, 5.41) is -16.1. The summed E-state index contributed by atoms with van der Waals surface area (Å²) in [7, 11) is -23.4. The molecule has 7 nitrogen and oxygen atoms in total. The van der Waals surface area contributed by atoms with Gasteiger partial charge in [-0.1, -0.05) is 12.1 Å². The van der Waals surface area contributed by atoms with Crippen molar-refractivity contribution in [1.82, 2.24) is 4.90 Å². The van der Waals surface area contributed by atoms with E-state index in [0.717, 1.165) is 0 Å². The Bertz CT molecular complexity index is 1600. The van der Waals surface area contributed by atoms with E-state index in [1.807, 2.05) is 4.90 Å². The zero-order valence-electron chi connectivity index (χ0n) is 24.3. The third-order valence-corrected chi connectivity index (χ3v) is 16.9. The van der Waals surface area contributed by atoms with E-state index in [9.17, 15) is 86.7 Å². The Balaban J connectivity index is 2.94. The highest BCUT2D eigenvalue weighted by Crippen LogP contribution is 2.56. The molecular weight excluding hydrogens is 748 g/mol. The van der Waals surface area contributed by atoms with E-state index >= 15 is 0 Å². The van der Waals surface area contributed by atoms with Gasteiger partial charge in [0.05, 0.1) is 4.90 Å². The second-order valence-electron chi connectivity index (χ2n) is 12.0. The van der Waals surface area contributed by atoms with Gasteiger partial charge in [-0.2, -0.15) is 61.5 Å². The number of piperidine rings is 1. The molecule has 0 aliphatic carbocycles. The van der Waals surface area contributed by atoms with Gasteiger partial charge in [-0.15, -0.1) is 0 Å². The van der Waals surface area contributed by atoms with E-state index in [1.54, 1.807) is 34.7 Å². The van der Waals surface area contributed by atoms with Crippen molar-refractivity contribution in [2.24, 2.45) is 0 Å². The summed E-state index contributed by atoms with van der Waals surface area (Å²) in [4.78, 5) is -0.0780. The molecule has 0 saturated carbocycles. The van der Waals surface area contributed by atoms with Crippen molar-refractivity contribution in [3.05, 3.63) is 29.8 Å². The van der Waals surface area contributed by atoms with Crippen molar-refractivity contribution >= 4 is 29.5 Å². The summed E-state index contributed by atoms with van der Waals surface area (Å²) < 4.78 is 259. The highest BCUT2D eigenvalue weighted by molar-refractivity contribution is 8.24. The molecule has 1 aliphatic heterocycles. The second-order valence-corrected chi connectivity index (χ2v) is 19.0. The highest BCUT2D eigenvalue weighted by Gasteiger charge is 2.86. The first kappa shape index (κ1) is 41.2. The van der Waals surface area contributed by atoms with Gasteiger partial charge in [-0.05, 0) is 71.2 Å². The van der Waals surface area contributed by atoms with Crippen LogP contribution in [0.3, 0.4) is 0 Å². The summed E-state index contributed by atoms with van der Waals surface area (Å²) in [6.45, 7) is 7.09. The van der Waals surface area contributed by atoms with Crippen LogP contribution in [0.4, 0.5) is 61.5 Å². The molecule has 0 spiro atoms. The minimum atomic E-state index is -8.93. The Morgan fingerprint density at radius 1 is 0.617 bits per heavy atom. The van der Waals surface area contributed by atoms with Gasteiger partial charge in [0.25, 0.3) is 23.6 Å². The van der Waals surface area contributed by atoms with Gasteiger partial charge in [0.2, 0.25) is 9.84 Å². The quantitative estimate of drug-likeness (QED) is 0.263. The SMILES string of the molecule is CN1C(C)(C)CC(c2ccc(S(=O)(=O)C(S(=O)(=O)C(F)(F)C(F)(F)C(F)(F)F)S(=O)(=O)C(F)(F)C(F)(F)C(F)(F)F)cc2)CC1(C)C. The molecular formula is C23H25F14NO6S3. The summed E-state index contributed by atoms with van der Waals surface area (Å²) >= 11 is 0. The molecule has 1 aliphatic rings. The van der Waals surface area contributed by atoms with Gasteiger partial charge in [0.15, 0.2) is 0 Å². The zero-order chi connectivity index (χ0) is 37.6. The minimum absolute atomic E-state index is 0.0983. The van der Waals surface area contributed by atoms with E-state index < -0.39 is 90.0 Å². The maximum Gasteiger partial charge on any atom is 0.461 e. The molecule has 0 atom stereocenters. The summed E-state index contributed by atoms with van der Waals surface area (Å²) in [6.07, 6.45) is -14.9. The Morgan fingerprint density at radius 2 is 0.915 bits per heavy atom. The molecule has 0 bridgehead atoms. The summed E-state index contributed by atoms with van der Waals surface area (Å²) in [6, 6.07) is 1.61. The molecule has 1 aromatic carbocycles. The van der Waals surface area contributed by atoms with Crippen molar-refractivity contribution in [2.75, 3.05) is 7.05 Å². The predicted molar refractivity (Wildman–Crippen MR) is 135 cm³/mol. The lowest BCUT2D eigenvalue weighted by Gasteiger charge is -2.54. The summed E-state index contributed by atoms with van der Waals surface area (Å²) in [5.74, 6) is -16.6. The molecule has 0 aromatic heterocycles. The molecule has 0 unspecified atom stereocenters. The van der Waals surface area contributed by atoms with Crippen LogP contribution in [0.5, 0.6) is 0 Å². The van der Waals surface area contributed by atoms with E-state index in [-0.39, 0.29) is 30.5 Å². The number of likely N-dealkylation sites (tertiary alicyclic amines) is 1. The van der Waals surface area contributed by atoms with Crippen molar-refractivity contribution < 1.29 is 86.7 Å². The first-order chi connectivity index (χ1) is 20.3. The molecule has 1 saturated heterocycles. The van der Waals surface area contributed by atoms with Gasteiger partial charge >= 0.3 is 34.7 Å². The van der Waals surface area contributed by atoms with Crippen LogP contribution in [0.15, 0.2) is 29.2 Å². The van der Waals surface area contributed by atoms with Crippen LogP contribution in [0.25, 0.3) is 0 Å². The maximum absolute atomic E-state index is 14.5. The number of halogens is 14. The van der Waals surface area contributed by atoms with Gasteiger partial charge in [0.1, 0.15) is 0 Å². The Morgan fingerprint density at radius 3 is 1.19 bits per heavy atom. The summed E-state index contributed by atoms with van der Waals surface area (Å²) in [5.41, 5.74) is -1.06. The fourth-order valence-corrected chi connectivity index (χ4v) is 13.4. The normalized spacial score (nSPS) is 20.1. The first-order valence-electron chi connectivity index (χ1n) is 12.5. The molecule has 0 N–H and O–H groups in total. The van der Waals surface area contributed by atoms with Gasteiger partial charge in [-0.25, -0.2) is 25.3 Å². The van der Waals surface area contributed by atoms with E-state index in [1.165, 1.54) is 0 Å². The average molecular weight is 774 g/mol. The third-order valence-electron chi connectivity index (χ3n) is 7.91. The molecule has 1 fully saturated rings. The predicted octanol–water partition coefficient (Wildman–Crippen LogP) is 6.52. The monoisotopic (exact) mass is 773 g/mol. The maximum atomic E-state index is 14.5. The Labute approximate surface area is 259 Å². The molecule has 1 aromatic rings. The second kappa shape index (κ2) is 11.3. The number of hydrogen-bond acceptors (Lipinski definition) is 7. The third kappa shape index (κ3) is 6.20. The van der Waals surface area contributed by atoms with Crippen LogP contribution in [-0.4, -0.2) is 86.9 Å². The Hall–Kier alpha value is -1.95. The highest BCUT2D eigenvalue weighted by atomic mass is 32.3. The fraction of sp³-hybridized carbons (Fsp3) is 0.739. The smallest absolute Gasteiger partial charge is 0.296 e. The van der Waals surface area contributed by atoms with Gasteiger partial charge in [0, 0.05) is 11.1 Å². The number of alkyl halides is 14. The first-order valence-corrected chi connectivity index (χ1v) is 17.1. The van der Waals surface area contributed by atoms with E-state index in [0.29, 0.717) is 12.1 Å². The van der Waals surface area contributed by atoms with Crippen molar-refractivity contribution in [2.45, 2.75) is 101 Å². The van der Waals surface area contributed by atoms with Crippen LogP contribution in [-0.2, 0) is 29.5 Å². The average Bonchev–Trinajstić information content (AvgIpc) is 2.84. The standard InChI is InChI=1S/C23H25F14NO6S3/c1-16(2)10-13(11-17(3,4)38(16)5)12-6-8-14(9-7-12)45(39,40)15(46(41,42)22(34,35)18(24,25)20(28,29)30)47(43,44)23(36,37)19(26,27)21(31,32)33/h6-9,13,15H,10-11H2,1-5H3. The van der Waals surface area contributed by atoms with Crippen LogP contribution >= 0.6 is 0 Å². The molecule has 24 heteroatoms. The van der Waals surface area contributed by atoms with Crippen LogP contribution in [0, 0.1) is 0 Å². The lowest BCUT2D eigenvalue weighted by Crippen LogP contribution is -2.64. The topological polar surface area (TPSA) is 106 Å². The zero-order valence-corrected chi connectivity index (χ0v) is 26.7. The molecule has 2 rings (SSSR count). The van der Waals surface area contributed by atoms with E-state index in [2.05, 4.69) is 0 Å². The number of hydrogen-bond donors (Lipinski definition) is 0. The van der Waals surface area contributed by atoms with Gasteiger partial charge < -0.3 is 0 Å². The molecule has 0 radical (unpaired) electrons. The number of rotatable bonds is 9. The largest absolute Gasteiger partial charge is 0.461 e. The number of benzene rings is 1.